The molecule has 1 N–H and O–H groups in total. The summed E-state index contributed by atoms with van der Waals surface area (Å²) in [6, 6.07) is 14.8. The van der Waals surface area contributed by atoms with E-state index in [1.165, 1.54) is 6.08 Å². The standard InChI is InChI=1S/C20H18N2O3/c1-13-6-5-7-15(12-13)10-11-18(23)25-14(2)19-21-17-9-4-3-8-16(17)20(24)22-19/h3-12,14H,1-2H3,(H,21,22,24)/b11-10+/t14-/m0/s1. The molecule has 0 saturated heterocycles. The quantitative estimate of drug-likeness (QED) is 0.585. The Kier molecular flexibility index (Phi) is 4.75. The van der Waals surface area contributed by atoms with Gasteiger partial charge >= 0.3 is 5.97 Å². The Morgan fingerprint density at radius 3 is 2.80 bits per heavy atom. The number of rotatable bonds is 4. The molecule has 0 unspecified atom stereocenters. The van der Waals surface area contributed by atoms with Crippen LogP contribution in [0.15, 0.2) is 59.4 Å². The number of aromatic amines is 1. The van der Waals surface area contributed by atoms with Gasteiger partial charge in [-0.15, -0.1) is 0 Å². The van der Waals surface area contributed by atoms with Crippen molar-refractivity contribution in [2.45, 2.75) is 20.0 Å². The van der Waals surface area contributed by atoms with Crippen LogP contribution in [0.4, 0.5) is 0 Å². The summed E-state index contributed by atoms with van der Waals surface area (Å²) in [5.41, 5.74) is 2.35. The van der Waals surface area contributed by atoms with Crippen LogP contribution >= 0.6 is 0 Å². The minimum Gasteiger partial charge on any atom is -0.451 e. The van der Waals surface area contributed by atoms with E-state index in [0.717, 1.165) is 11.1 Å². The topological polar surface area (TPSA) is 72.0 Å². The summed E-state index contributed by atoms with van der Waals surface area (Å²) in [4.78, 5) is 31.1. The van der Waals surface area contributed by atoms with Crippen molar-refractivity contribution in [2.24, 2.45) is 0 Å². The summed E-state index contributed by atoms with van der Waals surface area (Å²) in [5.74, 6) is -0.175. The molecule has 1 atom stereocenters. The van der Waals surface area contributed by atoms with Crippen LogP contribution in [-0.4, -0.2) is 15.9 Å². The predicted molar refractivity (Wildman–Crippen MR) is 97.1 cm³/mol. The van der Waals surface area contributed by atoms with E-state index in [1.54, 1.807) is 37.3 Å². The molecule has 0 aliphatic heterocycles. The molecule has 1 heterocycles. The molecule has 0 radical (unpaired) electrons. The van der Waals surface area contributed by atoms with Gasteiger partial charge in [-0.1, -0.05) is 42.0 Å². The van der Waals surface area contributed by atoms with Crippen molar-refractivity contribution in [3.05, 3.63) is 81.9 Å². The molecular formula is C20H18N2O3. The highest BCUT2D eigenvalue weighted by atomic mass is 16.5. The van der Waals surface area contributed by atoms with E-state index in [4.69, 9.17) is 4.74 Å². The number of esters is 1. The molecule has 2 aromatic carbocycles. The summed E-state index contributed by atoms with van der Waals surface area (Å²) >= 11 is 0. The maximum atomic E-state index is 12.1. The van der Waals surface area contributed by atoms with Crippen LogP contribution < -0.4 is 5.56 Å². The van der Waals surface area contributed by atoms with Crippen molar-refractivity contribution >= 4 is 22.9 Å². The van der Waals surface area contributed by atoms with Gasteiger partial charge in [-0.25, -0.2) is 9.78 Å². The van der Waals surface area contributed by atoms with Gasteiger partial charge in [0.1, 0.15) is 0 Å². The summed E-state index contributed by atoms with van der Waals surface area (Å²) in [5, 5.41) is 0.504. The van der Waals surface area contributed by atoms with Crippen molar-refractivity contribution in [1.29, 1.82) is 0 Å². The minimum absolute atomic E-state index is 0.251. The lowest BCUT2D eigenvalue weighted by atomic mass is 10.1. The first-order valence-corrected chi connectivity index (χ1v) is 7.97. The Morgan fingerprint density at radius 1 is 1.20 bits per heavy atom. The molecule has 5 nitrogen and oxygen atoms in total. The van der Waals surface area contributed by atoms with Crippen LogP contribution in [0.2, 0.25) is 0 Å². The van der Waals surface area contributed by atoms with Crippen molar-refractivity contribution in [3.63, 3.8) is 0 Å². The van der Waals surface area contributed by atoms with Crippen LogP contribution in [0.3, 0.4) is 0 Å². The van der Waals surface area contributed by atoms with Gasteiger partial charge in [0.25, 0.3) is 5.56 Å². The third-order valence-electron chi connectivity index (χ3n) is 3.76. The minimum atomic E-state index is -0.660. The molecule has 0 aliphatic carbocycles. The van der Waals surface area contributed by atoms with E-state index < -0.39 is 12.1 Å². The Balaban J connectivity index is 1.74. The van der Waals surface area contributed by atoms with E-state index in [-0.39, 0.29) is 5.56 Å². The zero-order valence-electron chi connectivity index (χ0n) is 14.0. The highest BCUT2D eigenvalue weighted by molar-refractivity contribution is 5.87. The van der Waals surface area contributed by atoms with Crippen LogP contribution in [0.25, 0.3) is 17.0 Å². The SMILES string of the molecule is Cc1cccc(/C=C/C(=O)O[C@@H](C)c2nc3ccccc3c(=O)[nH]2)c1. The third kappa shape index (κ3) is 4.01. The van der Waals surface area contributed by atoms with Crippen molar-refractivity contribution in [1.82, 2.24) is 9.97 Å². The molecule has 0 saturated carbocycles. The molecule has 0 aliphatic rings. The van der Waals surface area contributed by atoms with E-state index in [1.807, 2.05) is 31.2 Å². The van der Waals surface area contributed by atoms with Crippen molar-refractivity contribution in [3.8, 4) is 0 Å². The third-order valence-corrected chi connectivity index (χ3v) is 3.76. The Bertz CT molecular complexity index is 1000. The fraction of sp³-hybridized carbons (Fsp3) is 0.150. The van der Waals surface area contributed by atoms with Gasteiger partial charge in [0.2, 0.25) is 0 Å². The van der Waals surface area contributed by atoms with Crippen LogP contribution in [0.5, 0.6) is 0 Å². The zero-order chi connectivity index (χ0) is 17.8. The van der Waals surface area contributed by atoms with E-state index in [2.05, 4.69) is 9.97 Å². The van der Waals surface area contributed by atoms with E-state index >= 15 is 0 Å². The number of nitrogens with one attached hydrogen (secondary N) is 1. The number of benzene rings is 2. The smallest absolute Gasteiger partial charge is 0.331 e. The number of para-hydroxylation sites is 1. The number of H-pyrrole nitrogens is 1. The summed E-state index contributed by atoms with van der Waals surface area (Å²) in [6.07, 6.45) is 2.40. The van der Waals surface area contributed by atoms with Crippen molar-refractivity contribution in [2.75, 3.05) is 0 Å². The molecule has 0 spiro atoms. The number of hydrogen-bond donors (Lipinski definition) is 1. The number of fused-ring (bicyclic) bond motifs is 1. The first-order chi connectivity index (χ1) is 12.0. The number of ether oxygens (including phenoxy) is 1. The second-order valence-electron chi connectivity index (χ2n) is 5.79. The number of aromatic nitrogens is 2. The normalized spacial score (nSPS) is 12.4. The Morgan fingerprint density at radius 2 is 2.00 bits per heavy atom. The molecule has 1 aromatic heterocycles. The second kappa shape index (κ2) is 7.13. The molecular weight excluding hydrogens is 316 g/mol. The molecule has 5 heteroatoms. The van der Waals surface area contributed by atoms with Crippen molar-refractivity contribution < 1.29 is 9.53 Å². The first kappa shape index (κ1) is 16.6. The molecule has 0 amide bonds. The van der Waals surface area contributed by atoms with Crippen LogP contribution in [0, 0.1) is 6.92 Å². The Labute approximate surface area is 145 Å². The molecule has 3 rings (SSSR count). The molecule has 0 fully saturated rings. The summed E-state index contributed by atoms with van der Waals surface area (Å²) < 4.78 is 5.33. The maximum absolute atomic E-state index is 12.1. The first-order valence-electron chi connectivity index (χ1n) is 7.97. The molecule has 25 heavy (non-hydrogen) atoms. The lowest BCUT2D eigenvalue weighted by Gasteiger charge is -2.11. The highest BCUT2D eigenvalue weighted by Crippen LogP contribution is 2.15. The van der Waals surface area contributed by atoms with Gasteiger partial charge in [-0.2, -0.15) is 0 Å². The predicted octanol–water partition coefficient (Wildman–Crippen LogP) is 3.55. The second-order valence-corrected chi connectivity index (χ2v) is 5.79. The van der Waals surface area contributed by atoms with E-state index in [9.17, 15) is 9.59 Å². The van der Waals surface area contributed by atoms with Gasteiger partial charge in [0.15, 0.2) is 11.9 Å². The van der Waals surface area contributed by atoms with Gasteiger partial charge in [-0.05, 0) is 37.6 Å². The lowest BCUT2D eigenvalue weighted by molar-refractivity contribution is -0.142. The fourth-order valence-corrected chi connectivity index (χ4v) is 2.50. The van der Waals surface area contributed by atoms with Gasteiger partial charge < -0.3 is 9.72 Å². The zero-order valence-corrected chi connectivity index (χ0v) is 14.0. The monoisotopic (exact) mass is 334 g/mol. The summed E-state index contributed by atoms with van der Waals surface area (Å²) in [6.45, 7) is 3.66. The molecule has 0 bridgehead atoms. The maximum Gasteiger partial charge on any atom is 0.331 e. The molecule has 126 valence electrons. The van der Waals surface area contributed by atoms with Crippen LogP contribution in [-0.2, 0) is 9.53 Å². The average Bonchev–Trinajstić information content (AvgIpc) is 2.60. The number of hydrogen-bond acceptors (Lipinski definition) is 4. The van der Waals surface area contributed by atoms with Crippen LogP contribution in [0.1, 0.15) is 30.0 Å². The largest absolute Gasteiger partial charge is 0.451 e. The average molecular weight is 334 g/mol. The number of aryl methyl sites for hydroxylation is 1. The Hall–Kier alpha value is -3.21. The molecule has 3 aromatic rings. The fourth-order valence-electron chi connectivity index (χ4n) is 2.50. The highest BCUT2D eigenvalue weighted by Gasteiger charge is 2.14. The lowest BCUT2D eigenvalue weighted by Crippen LogP contribution is -2.16. The summed E-state index contributed by atoms with van der Waals surface area (Å²) in [7, 11) is 0. The van der Waals surface area contributed by atoms with Gasteiger partial charge in [0, 0.05) is 6.08 Å². The number of carbonyl (C=O) groups is 1. The van der Waals surface area contributed by atoms with Gasteiger partial charge in [0.05, 0.1) is 10.9 Å². The van der Waals surface area contributed by atoms with E-state index in [0.29, 0.717) is 16.7 Å². The number of nitrogens with zero attached hydrogens (tertiary/aromatic N) is 1. The number of carbonyl (C=O) groups excluding carboxylic acids is 1. The van der Waals surface area contributed by atoms with Gasteiger partial charge in [-0.3, -0.25) is 4.79 Å².